The van der Waals surface area contributed by atoms with Crippen molar-refractivity contribution in [2.24, 2.45) is 0 Å². The topological polar surface area (TPSA) is 40.6 Å². The van der Waals surface area contributed by atoms with Crippen molar-refractivity contribution in [1.29, 1.82) is 0 Å². The van der Waals surface area contributed by atoms with Crippen LogP contribution in [0.1, 0.15) is 11.1 Å². The molecular formula is C13H22N2O2S. The standard InChI is InChI=1S/C13H22N2O2S/c1-12-7-5-6-8-13(12)11-18(16,17)15(4)10-9-14(2)3/h5-8H,9-11H2,1-4H3. The Morgan fingerprint density at radius 1 is 1.06 bits per heavy atom. The molecule has 0 aliphatic rings. The quantitative estimate of drug-likeness (QED) is 0.783. The monoisotopic (exact) mass is 270 g/mol. The summed E-state index contributed by atoms with van der Waals surface area (Å²) < 4.78 is 25.8. The van der Waals surface area contributed by atoms with Gasteiger partial charge in [-0.1, -0.05) is 24.3 Å². The summed E-state index contributed by atoms with van der Waals surface area (Å²) in [7, 11) is 2.28. The van der Waals surface area contributed by atoms with Gasteiger partial charge in [0.05, 0.1) is 5.75 Å². The van der Waals surface area contributed by atoms with Crippen LogP contribution in [0.5, 0.6) is 0 Å². The van der Waals surface area contributed by atoms with Crippen molar-refractivity contribution in [3.63, 3.8) is 0 Å². The number of sulfonamides is 1. The zero-order valence-corrected chi connectivity index (χ0v) is 12.4. The molecule has 0 saturated heterocycles. The predicted octanol–water partition coefficient (Wildman–Crippen LogP) is 1.32. The van der Waals surface area contributed by atoms with E-state index in [4.69, 9.17) is 0 Å². The highest BCUT2D eigenvalue weighted by atomic mass is 32.2. The van der Waals surface area contributed by atoms with Crippen LogP contribution in [0.3, 0.4) is 0 Å². The van der Waals surface area contributed by atoms with Crippen LogP contribution in [0, 0.1) is 6.92 Å². The number of hydrogen-bond donors (Lipinski definition) is 0. The molecule has 5 heteroatoms. The minimum Gasteiger partial charge on any atom is -0.308 e. The zero-order valence-electron chi connectivity index (χ0n) is 11.5. The third-order valence-electron chi connectivity index (χ3n) is 2.94. The van der Waals surface area contributed by atoms with E-state index >= 15 is 0 Å². The van der Waals surface area contributed by atoms with Gasteiger partial charge >= 0.3 is 0 Å². The fourth-order valence-corrected chi connectivity index (χ4v) is 2.86. The Hall–Kier alpha value is -0.910. The van der Waals surface area contributed by atoms with Crippen LogP contribution in [-0.4, -0.2) is 51.9 Å². The Kier molecular flexibility index (Phi) is 5.31. The van der Waals surface area contributed by atoms with Gasteiger partial charge in [-0.25, -0.2) is 12.7 Å². The van der Waals surface area contributed by atoms with Crippen molar-refractivity contribution in [3.8, 4) is 0 Å². The molecule has 0 saturated carbocycles. The normalized spacial score (nSPS) is 12.3. The number of nitrogens with zero attached hydrogens (tertiary/aromatic N) is 2. The molecule has 0 unspecified atom stereocenters. The Bertz CT molecular complexity index is 484. The van der Waals surface area contributed by atoms with Crippen LogP contribution in [0.25, 0.3) is 0 Å². The fraction of sp³-hybridized carbons (Fsp3) is 0.538. The van der Waals surface area contributed by atoms with E-state index in [-0.39, 0.29) is 5.75 Å². The van der Waals surface area contributed by atoms with Crippen molar-refractivity contribution in [1.82, 2.24) is 9.21 Å². The largest absolute Gasteiger partial charge is 0.308 e. The van der Waals surface area contributed by atoms with Gasteiger partial charge in [0.25, 0.3) is 0 Å². The summed E-state index contributed by atoms with van der Waals surface area (Å²) in [6.07, 6.45) is 0. The zero-order chi connectivity index (χ0) is 13.8. The van der Waals surface area contributed by atoms with Gasteiger partial charge in [-0.05, 0) is 32.1 Å². The molecular weight excluding hydrogens is 248 g/mol. The van der Waals surface area contributed by atoms with Crippen molar-refractivity contribution in [3.05, 3.63) is 35.4 Å². The predicted molar refractivity (Wildman–Crippen MR) is 75.0 cm³/mol. The lowest BCUT2D eigenvalue weighted by Crippen LogP contribution is -2.34. The second-order valence-electron chi connectivity index (χ2n) is 4.81. The Labute approximate surface area is 110 Å². The van der Waals surface area contributed by atoms with E-state index < -0.39 is 10.0 Å². The first-order valence-corrected chi connectivity index (χ1v) is 7.57. The number of aryl methyl sites for hydroxylation is 1. The van der Waals surface area contributed by atoms with E-state index in [1.165, 1.54) is 4.31 Å². The second kappa shape index (κ2) is 6.31. The minimum atomic E-state index is -3.22. The molecule has 0 aliphatic carbocycles. The Morgan fingerprint density at radius 3 is 2.22 bits per heavy atom. The summed E-state index contributed by atoms with van der Waals surface area (Å²) >= 11 is 0. The van der Waals surface area contributed by atoms with Crippen LogP contribution in [0.4, 0.5) is 0 Å². The molecule has 0 spiro atoms. The van der Waals surface area contributed by atoms with Crippen LogP contribution in [-0.2, 0) is 15.8 Å². The van der Waals surface area contributed by atoms with Gasteiger partial charge in [0, 0.05) is 20.1 Å². The molecule has 18 heavy (non-hydrogen) atoms. The summed E-state index contributed by atoms with van der Waals surface area (Å²) in [4.78, 5) is 1.97. The Balaban J connectivity index is 2.73. The highest BCUT2D eigenvalue weighted by molar-refractivity contribution is 7.88. The smallest absolute Gasteiger partial charge is 0.218 e. The lowest BCUT2D eigenvalue weighted by molar-refractivity contribution is 0.358. The number of rotatable bonds is 6. The summed E-state index contributed by atoms with van der Waals surface area (Å²) in [6, 6.07) is 7.59. The number of benzene rings is 1. The van der Waals surface area contributed by atoms with Gasteiger partial charge in [-0.15, -0.1) is 0 Å². The minimum absolute atomic E-state index is 0.0730. The van der Waals surface area contributed by atoms with Gasteiger partial charge in [0.2, 0.25) is 10.0 Å². The van der Waals surface area contributed by atoms with E-state index in [0.29, 0.717) is 6.54 Å². The second-order valence-corrected chi connectivity index (χ2v) is 6.88. The molecule has 1 aromatic carbocycles. The van der Waals surface area contributed by atoms with Crippen LogP contribution in [0.15, 0.2) is 24.3 Å². The molecule has 0 fully saturated rings. The van der Waals surface area contributed by atoms with E-state index in [0.717, 1.165) is 17.7 Å². The van der Waals surface area contributed by atoms with Crippen molar-refractivity contribution in [2.45, 2.75) is 12.7 Å². The SMILES string of the molecule is Cc1ccccc1CS(=O)(=O)N(C)CCN(C)C. The van der Waals surface area contributed by atoms with Gasteiger partial charge in [0.15, 0.2) is 0 Å². The average Bonchev–Trinajstić information content (AvgIpc) is 2.28. The highest BCUT2D eigenvalue weighted by Crippen LogP contribution is 2.13. The molecule has 0 amide bonds. The van der Waals surface area contributed by atoms with Gasteiger partial charge in [-0.3, -0.25) is 0 Å². The van der Waals surface area contributed by atoms with E-state index in [1.54, 1.807) is 7.05 Å². The first-order chi connectivity index (χ1) is 8.33. The summed E-state index contributed by atoms with van der Waals surface area (Å²) in [5, 5.41) is 0. The molecule has 0 N–H and O–H groups in total. The molecule has 1 aromatic rings. The van der Waals surface area contributed by atoms with Crippen LogP contribution in [0.2, 0.25) is 0 Å². The molecule has 0 bridgehead atoms. The lowest BCUT2D eigenvalue weighted by atomic mass is 10.1. The van der Waals surface area contributed by atoms with Crippen molar-refractivity contribution >= 4 is 10.0 Å². The number of hydrogen-bond acceptors (Lipinski definition) is 3. The first kappa shape index (κ1) is 15.1. The van der Waals surface area contributed by atoms with Crippen molar-refractivity contribution < 1.29 is 8.42 Å². The third kappa shape index (κ3) is 4.40. The molecule has 0 heterocycles. The molecule has 0 aliphatic heterocycles. The van der Waals surface area contributed by atoms with Gasteiger partial charge in [0.1, 0.15) is 0 Å². The molecule has 1 rings (SSSR count). The Morgan fingerprint density at radius 2 is 1.67 bits per heavy atom. The molecule has 4 nitrogen and oxygen atoms in total. The average molecular weight is 270 g/mol. The molecule has 0 atom stereocenters. The van der Waals surface area contributed by atoms with Crippen LogP contribution < -0.4 is 0 Å². The van der Waals surface area contributed by atoms with E-state index in [2.05, 4.69) is 0 Å². The van der Waals surface area contributed by atoms with Gasteiger partial charge in [-0.2, -0.15) is 0 Å². The molecule has 0 radical (unpaired) electrons. The maximum atomic E-state index is 12.2. The maximum absolute atomic E-state index is 12.2. The van der Waals surface area contributed by atoms with E-state index in [1.807, 2.05) is 50.2 Å². The number of likely N-dealkylation sites (N-methyl/N-ethyl adjacent to an activating group) is 2. The van der Waals surface area contributed by atoms with Crippen LogP contribution >= 0.6 is 0 Å². The summed E-state index contributed by atoms with van der Waals surface area (Å²) in [5.74, 6) is 0.0730. The lowest BCUT2D eigenvalue weighted by Gasteiger charge is -2.19. The third-order valence-corrected chi connectivity index (χ3v) is 4.74. The molecule has 102 valence electrons. The fourth-order valence-electron chi connectivity index (χ4n) is 1.56. The molecule has 0 aromatic heterocycles. The van der Waals surface area contributed by atoms with Crippen molar-refractivity contribution in [2.75, 3.05) is 34.2 Å². The first-order valence-electron chi connectivity index (χ1n) is 5.96. The summed E-state index contributed by atoms with van der Waals surface area (Å²) in [5.41, 5.74) is 1.89. The summed E-state index contributed by atoms with van der Waals surface area (Å²) in [6.45, 7) is 3.18. The van der Waals surface area contributed by atoms with Gasteiger partial charge < -0.3 is 4.90 Å². The maximum Gasteiger partial charge on any atom is 0.218 e. The highest BCUT2D eigenvalue weighted by Gasteiger charge is 2.19. The van der Waals surface area contributed by atoms with E-state index in [9.17, 15) is 8.42 Å².